The van der Waals surface area contributed by atoms with E-state index >= 15 is 0 Å². The van der Waals surface area contributed by atoms with Crippen molar-refractivity contribution in [2.24, 2.45) is 11.3 Å². The Bertz CT molecular complexity index is 537. The molecule has 3 nitrogen and oxygen atoms in total. The molecule has 0 bridgehead atoms. The third kappa shape index (κ3) is 3.66. The number of hydrogen-bond acceptors (Lipinski definition) is 3. The first-order valence-corrected chi connectivity index (χ1v) is 7.40. The Morgan fingerprint density at radius 3 is 2.14 bits per heavy atom. The largest absolute Gasteiger partial charge is 0.300 e. The number of carbonyl (C=O) groups is 3. The lowest BCUT2D eigenvalue weighted by atomic mass is 9.66. The van der Waals surface area contributed by atoms with Crippen molar-refractivity contribution in [3.63, 3.8) is 0 Å². The summed E-state index contributed by atoms with van der Waals surface area (Å²) in [5.41, 5.74) is 0.640. The molecule has 1 saturated carbocycles. The van der Waals surface area contributed by atoms with Crippen LogP contribution in [0.3, 0.4) is 0 Å². The van der Waals surface area contributed by atoms with Crippen molar-refractivity contribution in [2.45, 2.75) is 46.0 Å². The van der Waals surface area contributed by atoms with E-state index in [0.717, 1.165) is 5.56 Å². The molecular formula is C18H22O3. The summed E-state index contributed by atoms with van der Waals surface area (Å²) in [5, 5.41) is 0. The molecule has 1 atom stereocenters. The van der Waals surface area contributed by atoms with Crippen LogP contribution in [0, 0.1) is 11.3 Å². The number of ketones is 3. The molecule has 1 unspecified atom stereocenters. The van der Waals surface area contributed by atoms with Crippen molar-refractivity contribution in [3.05, 3.63) is 35.9 Å². The van der Waals surface area contributed by atoms with Crippen LogP contribution in [0.4, 0.5) is 0 Å². The lowest BCUT2D eigenvalue weighted by Crippen LogP contribution is -2.41. The van der Waals surface area contributed by atoms with Crippen LogP contribution in [0.5, 0.6) is 0 Å². The van der Waals surface area contributed by atoms with E-state index < -0.39 is 5.92 Å². The van der Waals surface area contributed by atoms with E-state index in [1.807, 2.05) is 44.2 Å². The van der Waals surface area contributed by atoms with Gasteiger partial charge in [0.15, 0.2) is 0 Å². The van der Waals surface area contributed by atoms with Crippen LogP contribution < -0.4 is 0 Å². The van der Waals surface area contributed by atoms with Gasteiger partial charge in [-0.1, -0.05) is 44.2 Å². The van der Waals surface area contributed by atoms with Gasteiger partial charge in [0.05, 0.1) is 5.92 Å². The van der Waals surface area contributed by atoms with Crippen LogP contribution in [-0.2, 0) is 14.4 Å². The number of hydrogen-bond donors (Lipinski definition) is 0. The predicted octanol–water partition coefficient (Wildman–Crippen LogP) is 3.32. The summed E-state index contributed by atoms with van der Waals surface area (Å²) in [6.07, 6.45) is 1.06. The SMILES string of the molecule is CC(=O)CC(c1ccccc1)C1C(=O)CC(C)(C)CC1=O. The summed E-state index contributed by atoms with van der Waals surface area (Å²) in [6, 6.07) is 9.44. The van der Waals surface area contributed by atoms with Crippen LogP contribution in [0.15, 0.2) is 30.3 Å². The maximum atomic E-state index is 12.5. The van der Waals surface area contributed by atoms with Gasteiger partial charge in [0, 0.05) is 25.2 Å². The molecule has 1 aromatic carbocycles. The third-order valence-electron chi connectivity index (χ3n) is 4.14. The number of carbonyl (C=O) groups excluding carboxylic acids is 3. The standard InChI is InChI=1S/C18H22O3/c1-12(19)9-14(13-7-5-4-6-8-13)17-15(20)10-18(2,3)11-16(17)21/h4-8,14,17H,9-11H2,1-3H3. The highest BCUT2D eigenvalue weighted by Crippen LogP contribution is 2.40. The highest BCUT2D eigenvalue weighted by atomic mass is 16.2. The second-order valence-electron chi connectivity index (χ2n) is 6.85. The maximum absolute atomic E-state index is 12.5. The summed E-state index contributed by atoms with van der Waals surface area (Å²) >= 11 is 0. The van der Waals surface area contributed by atoms with Gasteiger partial charge in [0.1, 0.15) is 17.3 Å². The quantitative estimate of drug-likeness (QED) is 0.798. The molecule has 0 radical (unpaired) electrons. The summed E-state index contributed by atoms with van der Waals surface area (Å²) in [7, 11) is 0. The van der Waals surface area contributed by atoms with Gasteiger partial charge in [-0.2, -0.15) is 0 Å². The van der Waals surface area contributed by atoms with E-state index in [2.05, 4.69) is 0 Å². The molecule has 0 aliphatic heterocycles. The molecule has 0 N–H and O–H groups in total. The first kappa shape index (κ1) is 15.6. The van der Waals surface area contributed by atoms with Gasteiger partial charge in [-0.15, -0.1) is 0 Å². The van der Waals surface area contributed by atoms with E-state index in [-0.39, 0.29) is 35.1 Å². The van der Waals surface area contributed by atoms with E-state index in [0.29, 0.717) is 12.8 Å². The van der Waals surface area contributed by atoms with Crippen molar-refractivity contribution >= 4 is 17.3 Å². The Labute approximate surface area is 125 Å². The fourth-order valence-electron chi connectivity index (χ4n) is 3.29. The first-order chi connectivity index (χ1) is 9.80. The van der Waals surface area contributed by atoms with Crippen molar-refractivity contribution in [1.29, 1.82) is 0 Å². The lowest BCUT2D eigenvalue weighted by molar-refractivity contribution is -0.140. The molecule has 3 heteroatoms. The molecule has 1 aliphatic carbocycles. The first-order valence-electron chi connectivity index (χ1n) is 7.40. The van der Waals surface area contributed by atoms with E-state index in [1.54, 1.807) is 0 Å². The number of benzene rings is 1. The maximum Gasteiger partial charge on any atom is 0.144 e. The summed E-state index contributed by atoms with van der Waals surface area (Å²) < 4.78 is 0. The average Bonchev–Trinajstić information content (AvgIpc) is 2.36. The van der Waals surface area contributed by atoms with Gasteiger partial charge in [-0.3, -0.25) is 9.59 Å². The van der Waals surface area contributed by atoms with Crippen molar-refractivity contribution in [2.75, 3.05) is 0 Å². The highest BCUT2D eigenvalue weighted by molar-refractivity contribution is 6.06. The molecule has 0 heterocycles. The van der Waals surface area contributed by atoms with Gasteiger partial charge in [-0.25, -0.2) is 0 Å². The topological polar surface area (TPSA) is 51.2 Å². The van der Waals surface area contributed by atoms with Gasteiger partial charge < -0.3 is 4.79 Å². The van der Waals surface area contributed by atoms with Crippen LogP contribution >= 0.6 is 0 Å². The van der Waals surface area contributed by atoms with Gasteiger partial charge in [0.25, 0.3) is 0 Å². The second kappa shape index (κ2) is 5.92. The molecule has 2 rings (SSSR count). The molecule has 1 aliphatic rings. The molecule has 21 heavy (non-hydrogen) atoms. The Hall–Kier alpha value is -1.77. The summed E-state index contributed by atoms with van der Waals surface area (Å²) in [4.78, 5) is 36.6. The molecule has 112 valence electrons. The Kier molecular flexibility index (Phi) is 4.40. The zero-order valence-electron chi connectivity index (χ0n) is 12.9. The van der Waals surface area contributed by atoms with E-state index in [4.69, 9.17) is 0 Å². The second-order valence-corrected chi connectivity index (χ2v) is 6.85. The third-order valence-corrected chi connectivity index (χ3v) is 4.14. The smallest absolute Gasteiger partial charge is 0.144 e. The van der Waals surface area contributed by atoms with Crippen LogP contribution in [0.1, 0.15) is 51.5 Å². The Balaban J connectivity index is 2.35. The predicted molar refractivity (Wildman–Crippen MR) is 81.0 cm³/mol. The Morgan fingerprint density at radius 1 is 1.14 bits per heavy atom. The Morgan fingerprint density at radius 2 is 1.67 bits per heavy atom. The monoisotopic (exact) mass is 286 g/mol. The van der Waals surface area contributed by atoms with Crippen molar-refractivity contribution in [3.8, 4) is 0 Å². The minimum atomic E-state index is -0.663. The molecule has 0 saturated heterocycles. The van der Waals surface area contributed by atoms with Crippen molar-refractivity contribution < 1.29 is 14.4 Å². The zero-order chi connectivity index (χ0) is 15.6. The fourth-order valence-corrected chi connectivity index (χ4v) is 3.29. The van der Waals surface area contributed by atoms with Crippen LogP contribution in [0.2, 0.25) is 0 Å². The minimum Gasteiger partial charge on any atom is -0.300 e. The van der Waals surface area contributed by atoms with Crippen molar-refractivity contribution in [1.82, 2.24) is 0 Å². The number of Topliss-reactive ketones (excluding diaryl/α,β-unsaturated/α-hetero) is 3. The molecule has 0 aromatic heterocycles. The molecule has 0 amide bonds. The molecule has 1 fully saturated rings. The van der Waals surface area contributed by atoms with Gasteiger partial charge >= 0.3 is 0 Å². The summed E-state index contributed by atoms with van der Waals surface area (Å²) in [6.45, 7) is 5.40. The van der Waals surface area contributed by atoms with E-state index in [1.165, 1.54) is 6.92 Å². The fraction of sp³-hybridized carbons (Fsp3) is 0.500. The minimum absolute atomic E-state index is 0.00860. The molecule has 1 aromatic rings. The lowest BCUT2D eigenvalue weighted by Gasteiger charge is -2.35. The zero-order valence-corrected chi connectivity index (χ0v) is 12.9. The average molecular weight is 286 g/mol. The van der Waals surface area contributed by atoms with Crippen LogP contribution in [-0.4, -0.2) is 17.3 Å². The van der Waals surface area contributed by atoms with Gasteiger partial charge in [0.2, 0.25) is 0 Å². The molecular weight excluding hydrogens is 264 g/mol. The van der Waals surface area contributed by atoms with E-state index in [9.17, 15) is 14.4 Å². The molecule has 0 spiro atoms. The number of rotatable bonds is 4. The van der Waals surface area contributed by atoms with Gasteiger partial charge in [-0.05, 0) is 17.9 Å². The van der Waals surface area contributed by atoms with Crippen LogP contribution in [0.25, 0.3) is 0 Å². The normalized spacial score (nSPS) is 20.3. The summed E-state index contributed by atoms with van der Waals surface area (Å²) in [5.74, 6) is -1.02. The highest BCUT2D eigenvalue weighted by Gasteiger charge is 2.43.